The number of nitrogens with one attached hydrogen (secondary N) is 3. The lowest BCUT2D eigenvalue weighted by Gasteiger charge is -2.04. The van der Waals surface area contributed by atoms with Gasteiger partial charge in [0.1, 0.15) is 0 Å². The van der Waals surface area contributed by atoms with Crippen LogP contribution in [0.1, 0.15) is 13.8 Å². The van der Waals surface area contributed by atoms with E-state index in [-0.39, 0.29) is 6.03 Å². The van der Waals surface area contributed by atoms with E-state index in [0.29, 0.717) is 25.0 Å². The summed E-state index contributed by atoms with van der Waals surface area (Å²) in [5.74, 6) is 1.02. The van der Waals surface area contributed by atoms with Crippen LogP contribution in [0.5, 0.6) is 5.88 Å². The first-order valence-electron chi connectivity index (χ1n) is 7.83. The van der Waals surface area contributed by atoms with Crippen molar-refractivity contribution >= 4 is 23.0 Å². The Morgan fingerprint density at radius 2 is 2.04 bits per heavy atom. The van der Waals surface area contributed by atoms with Gasteiger partial charge in [0.05, 0.1) is 17.6 Å². The zero-order valence-electron chi connectivity index (χ0n) is 13.6. The molecule has 24 heavy (non-hydrogen) atoms. The SMILES string of the molecule is CCNC(=O)Nc1nc2cc(-c3ccc(OCC)nc3)ccc2[nH]1. The summed E-state index contributed by atoms with van der Waals surface area (Å²) in [7, 11) is 0. The second-order valence-electron chi connectivity index (χ2n) is 5.12. The van der Waals surface area contributed by atoms with Crippen LogP contribution in [0, 0.1) is 0 Å². The van der Waals surface area contributed by atoms with Crippen molar-refractivity contribution in [2.24, 2.45) is 0 Å². The van der Waals surface area contributed by atoms with Crippen LogP contribution in [0.15, 0.2) is 36.5 Å². The second-order valence-corrected chi connectivity index (χ2v) is 5.12. The molecule has 2 amide bonds. The Morgan fingerprint density at radius 1 is 1.21 bits per heavy atom. The molecule has 3 N–H and O–H groups in total. The molecule has 7 nitrogen and oxygen atoms in total. The molecule has 0 aliphatic heterocycles. The lowest BCUT2D eigenvalue weighted by molar-refractivity contribution is 0.252. The zero-order valence-corrected chi connectivity index (χ0v) is 13.6. The maximum atomic E-state index is 11.6. The molecule has 0 aliphatic rings. The zero-order chi connectivity index (χ0) is 16.9. The van der Waals surface area contributed by atoms with Gasteiger partial charge in [-0.25, -0.2) is 14.8 Å². The maximum Gasteiger partial charge on any atom is 0.321 e. The number of carbonyl (C=O) groups is 1. The highest BCUT2D eigenvalue weighted by Gasteiger charge is 2.08. The fourth-order valence-corrected chi connectivity index (χ4v) is 2.34. The Bertz CT molecular complexity index is 842. The summed E-state index contributed by atoms with van der Waals surface area (Å²) in [4.78, 5) is 23.3. The van der Waals surface area contributed by atoms with Crippen LogP contribution in [0.25, 0.3) is 22.2 Å². The van der Waals surface area contributed by atoms with E-state index in [1.54, 1.807) is 6.20 Å². The first kappa shape index (κ1) is 15.8. The van der Waals surface area contributed by atoms with Crippen molar-refractivity contribution in [3.63, 3.8) is 0 Å². The second kappa shape index (κ2) is 6.99. The van der Waals surface area contributed by atoms with Gasteiger partial charge >= 0.3 is 6.03 Å². The van der Waals surface area contributed by atoms with Gasteiger partial charge in [-0.1, -0.05) is 6.07 Å². The number of H-pyrrole nitrogens is 1. The van der Waals surface area contributed by atoms with Crippen LogP contribution in [0.4, 0.5) is 10.7 Å². The number of imidazole rings is 1. The smallest absolute Gasteiger partial charge is 0.321 e. The number of hydrogen-bond donors (Lipinski definition) is 3. The van der Waals surface area contributed by atoms with E-state index in [4.69, 9.17) is 4.74 Å². The predicted molar refractivity (Wildman–Crippen MR) is 93.2 cm³/mol. The van der Waals surface area contributed by atoms with Crippen molar-refractivity contribution in [1.29, 1.82) is 0 Å². The summed E-state index contributed by atoms with van der Waals surface area (Å²) in [6, 6.07) is 9.37. The van der Waals surface area contributed by atoms with Crippen LogP contribution in [-0.4, -0.2) is 34.1 Å². The quantitative estimate of drug-likeness (QED) is 0.672. The van der Waals surface area contributed by atoms with Gasteiger partial charge in [0.2, 0.25) is 11.8 Å². The number of aromatic amines is 1. The highest BCUT2D eigenvalue weighted by atomic mass is 16.5. The summed E-state index contributed by atoms with van der Waals surface area (Å²) in [5, 5.41) is 5.33. The highest BCUT2D eigenvalue weighted by Crippen LogP contribution is 2.24. The van der Waals surface area contributed by atoms with E-state index in [2.05, 4.69) is 25.6 Å². The summed E-state index contributed by atoms with van der Waals surface area (Å²) >= 11 is 0. The summed E-state index contributed by atoms with van der Waals surface area (Å²) in [6.07, 6.45) is 1.77. The molecule has 7 heteroatoms. The molecular weight excluding hydrogens is 306 g/mol. The van der Waals surface area contributed by atoms with Gasteiger partial charge in [-0.3, -0.25) is 5.32 Å². The monoisotopic (exact) mass is 325 g/mol. The molecule has 124 valence electrons. The summed E-state index contributed by atoms with van der Waals surface area (Å²) in [6.45, 7) is 4.93. The molecule has 0 bridgehead atoms. The van der Waals surface area contributed by atoms with Crippen molar-refractivity contribution in [1.82, 2.24) is 20.3 Å². The van der Waals surface area contributed by atoms with Crippen molar-refractivity contribution < 1.29 is 9.53 Å². The lowest BCUT2D eigenvalue weighted by atomic mass is 10.1. The average molecular weight is 325 g/mol. The molecule has 3 aromatic rings. The van der Waals surface area contributed by atoms with Crippen molar-refractivity contribution in [3.8, 4) is 17.0 Å². The van der Waals surface area contributed by atoms with Crippen LogP contribution >= 0.6 is 0 Å². The van der Waals surface area contributed by atoms with E-state index in [1.807, 2.05) is 44.2 Å². The number of benzene rings is 1. The number of amides is 2. The molecule has 2 aromatic heterocycles. The number of pyridine rings is 1. The van der Waals surface area contributed by atoms with Gasteiger partial charge in [-0.05, 0) is 37.6 Å². The molecule has 0 unspecified atom stereocenters. The molecule has 1 aromatic carbocycles. The topological polar surface area (TPSA) is 91.9 Å². The van der Waals surface area contributed by atoms with Crippen molar-refractivity contribution in [2.45, 2.75) is 13.8 Å². The van der Waals surface area contributed by atoms with E-state index in [0.717, 1.165) is 22.2 Å². The molecule has 3 rings (SSSR count). The van der Waals surface area contributed by atoms with Gasteiger partial charge in [-0.15, -0.1) is 0 Å². The predicted octanol–water partition coefficient (Wildman–Crippen LogP) is 3.17. The molecule has 0 spiro atoms. The Kier molecular flexibility index (Phi) is 4.60. The van der Waals surface area contributed by atoms with Crippen LogP contribution in [0.2, 0.25) is 0 Å². The van der Waals surface area contributed by atoms with Crippen molar-refractivity contribution in [2.75, 3.05) is 18.5 Å². The van der Waals surface area contributed by atoms with E-state index >= 15 is 0 Å². The Balaban J connectivity index is 1.84. The molecular formula is C17H19N5O2. The molecule has 0 radical (unpaired) electrons. The number of fused-ring (bicyclic) bond motifs is 1. The molecule has 0 fully saturated rings. The molecule has 0 atom stereocenters. The molecule has 0 saturated carbocycles. The Hall–Kier alpha value is -3.09. The van der Waals surface area contributed by atoms with E-state index < -0.39 is 0 Å². The van der Waals surface area contributed by atoms with Crippen LogP contribution in [0.3, 0.4) is 0 Å². The van der Waals surface area contributed by atoms with Gasteiger partial charge in [0, 0.05) is 24.4 Å². The number of nitrogens with zero attached hydrogens (tertiary/aromatic N) is 2. The number of anilines is 1. The first-order chi connectivity index (χ1) is 11.7. The average Bonchev–Trinajstić information content (AvgIpc) is 2.97. The van der Waals surface area contributed by atoms with Crippen LogP contribution < -0.4 is 15.4 Å². The van der Waals surface area contributed by atoms with Gasteiger partial charge in [-0.2, -0.15) is 0 Å². The standard InChI is InChI=1S/C17H19N5O2/c1-3-18-17(23)22-16-20-13-7-5-11(9-14(13)21-16)12-6-8-15(19-10-12)24-4-2/h5-10H,3-4H2,1-2H3,(H3,18,20,21,22,23). The number of urea groups is 1. The first-order valence-corrected chi connectivity index (χ1v) is 7.83. The lowest BCUT2D eigenvalue weighted by Crippen LogP contribution is -2.28. The molecule has 0 saturated heterocycles. The molecule has 0 aliphatic carbocycles. The minimum Gasteiger partial charge on any atom is -0.478 e. The van der Waals surface area contributed by atoms with Crippen molar-refractivity contribution in [3.05, 3.63) is 36.5 Å². The van der Waals surface area contributed by atoms with E-state index in [9.17, 15) is 4.79 Å². The fraction of sp³-hybridized carbons (Fsp3) is 0.235. The van der Waals surface area contributed by atoms with Crippen LogP contribution in [-0.2, 0) is 0 Å². The third kappa shape index (κ3) is 3.45. The van der Waals surface area contributed by atoms with Gasteiger partial charge < -0.3 is 15.0 Å². The number of carbonyl (C=O) groups excluding carboxylic acids is 1. The maximum absolute atomic E-state index is 11.6. The summed E-state index contributed by atoms with van der Waals surface area (Å²) in [5.41, 5.74) is 3.59. The van der Waals surface area contributed by atoms with E-state index in [1.165, 1.54) is 0 Å². The van der Waals surface area contributed by atoms with Gasteiger partial charge in [0.25, 0.3) is 0 Å². The minimum absolute atomic E-state index is 0.285. The minimum atomic E-state index is -0.285. The molecule has 2 heterocycles. The Morgan fingerprint density at radius 3 is 2.75 bits per heavy atom. The largest absolute Gasteiger partial charge is 0.478 e. The van der Waals surface area contributed by atoms with Gasteiger partial charge in [0.15, 0.2) is 0 Å². The summed E-state index contributed by atoms with van der Waals surface area (Å²) < 4.78 is 5.35. The number of ether oxygens (including phenoxy) is 1. The third-order valence-corrected chi connectivity index (χ3v) is 3.41. The number of rotatable bonds is 5. The number of hydrogen-bond acceptors (Lipinski definition) is 4. The fourth-order valence-electron chi connectivity index (χ4n) is 2.34. The Labute approximate surface area is 139 Å². The number of aromatic nitrogens is 3. The third-order valence-electron chi connectivity index (χ3n) is 3.41. The normalized spacial score (nSPS) is 10.6. The highest BCUT2D eigenvalue weighted by molar-refractivity contribution is 5.90.